The predicted octanol–water partition coefficient (Wildman–Crippen LogP) is 3.84. The summed E-state index contributed by atoms with van der Waals surface area (Å²) in [4.78, 5) is 5.21. The third-order valence-corrected chi connectivity index (χ3v) is 5.70. The van der Waals surface area contributed by atoms with Crippen LogP contribution in [0.2, 0.25) is 0 Å². The first-order valence-corrected chi connectivity index (χ1v) is 10.3. The quantitative estimate of drug-likeness (QED) is 0.399. The van der Waals surface area contributed by atoms with E-state index in [0.717, 1.165) is 15.8 Å². The maximum Gasteiger partial charge on any atom is 0.191 e. The summed E-state index contributed by atoms with van der Waals surface area (Å²) in [5.41, 5.74) is 2.33. The number of nitrogens with zero attached hydrogens (tertiary/aromatic N) is 1. The molecule has 0 aliphatic heterocycles. The molecule has 3 aromatic rings. The lowest BCUT2D eigenvalue weighted by molar-refractivity contribution is 0.133. The van der Waals surface area contributed by atoms with Crippen molar-refractivity contribution in [3.8, 4) is 0 Å². The topological polar surface area (TPSA) is 65.9 Å². The van der Waals surface area contributed by atoms with Gasteiger partial charge >= 0.3 is 0 Å². The van der Waals surface area contributed by atoms with Gasteiger partial charge in [-0.05, 0) is 35.6 Å². The van der Waals surface area contributed by atoms with Crippen molar-refractivity contribution in [1.29, 1.82) is 0 Å². The highest BCUT2D eigenvalue weighted by molar-refractivity contribution is 7.19. The van der Waals surface area contributed by atoms with Gasteiger partial charge in [0, 0.05) is 36.3 Å². The van der Waals surface area contributed by atoms with Crippen molar-refractivity contribution >= 4 is 27.4 Å². The van der Waals surface area contributed by atoms with Crippen LogP contribution in [0.15, 0.2) is 59.6 Å². The fourth-order valence-corrected chi connectivity index (χ4v) is 3.99. The van der Waals surface area contributed by atoms with Gasteiger partial charge in [0.25, 0.3) is 0 Å². The number of hydrogen-bond acceptors (Lipinski definition) is 4. The van der Waals surface area contributed by atoms with E-state index in [9.17, 15) is 5.11 Å². The zero-order chi connectivity index (χ0) is 19.8. The van der Waals surface area contributed by atoms with E-state index in [1.807, 2.05) is 37.3 Å². The lowest BCUT2D eigenvalue weighted by Gasteiger charge is -2.16. The third-order valence-electron chi connectivity index (χ3n) is 4.49. The van der Waals surface area contributed by atoms with Gasteiger partial charge in [0.2, 0.25) is 0 Å². The van der Waals surface area contributed by atoms with Gasteiger partial charge in [0.15, 0.2) is 5.96 Å². The molecule has 1 heterocycles. The molecule has 2 aromatic carbocycles. The average Bonchev–Trinajstić information content (AvgIpc) is 3.17. The maximum absolute atomic E-state index is 10.5. The van der Waals surface area contributed by atoms with Crippen LogP contribution in [0.1, 0.15) is 29.0 Å². The van der Waals surface area contributed by atoms with E-state index >= 15 is 0 Å². The standard InChI is InChI=1S/C22H27N3O2S/c1-3-27-15-18-10-5-4-9-17(18)13-24-22(23-2)25-14-19(26)21-12-16-8-6-7-11-20(16)28-21/h4-12,19,26H,3,13-15H2,1-2H3,(H2,23,24,25). The van der Waals surface area contributed by atoms with Crippen molar-refractivity contribution in [2.75, 3.05) is 20.2 Å². The molecule has 0 aliphatic carbocycles. The number of aliphatic hydroxyl groups excluding tert-OH is 1. The molecule has 0 amide bonds. The van der Waals surface area contributed by atoms with Crippen molar-refractivity contribution < 1.29 is 9.84 Å². The fourth-order valence-electron chi connectivity index (χ4n) is 2.94. The van der Waals surface area contributed by atoms with Crippen molar-refractivity contribution in [3.05, 3.63) is 70.6 Å². The lowest BCUT2D eigenvalue weighted by atomic mass is 10.1. The Bertz CT molecular complexity index is 890. The highest BCUT2D eigenvalue weighted by atomic mass is 32.1. The van der Waals surface area contributed by atoms with Gasteiger partial charge in [-0.3, -0.25) is 4.99 Å². The molecule has 1 aromatic heterocycles. The Hall–Kier alpha value is -2.41. The van der Waals surface area contributed by atoms with Gasteiger partial charge in [-0.15, -0.1) is 11.3 Å². The average molecular weight is 398 g/mol. The van der Waals surface area contributed by atoms with Gasteiger partial charge in [-0.1, -0.05) is 42.5 Å². The van der Waals surface area contributed by atoms with E-state index in [1.54, 1.807) is 18.4 Å². The number of ether oxygens (including phenoxy) is 1. The summed E-state index contributed by atoms with van der Waals surface area (Å²) in [7, 11) is 1.73. The van der Waals surface area contributed by atoms with Crippen molar-refractivity contribution in [1.82, 2.24) is 10.6 Å². The number of rotatable bonds is 8. The van der Waals surface area contributed by atoms with Crippen molar-refractivity contribution in [2.24, 2.45) is 4.99 Å². The zero-order valence-corrected chi connectivity index (χ0v) is 17.1. The first-order valence-electron chi connectivity index (χ1n) is 9.46. The Morgan fingerprint density at radius 1 is 1.11 bits per heavy atom. The zero-order valence-electron chi connectivity index (χ0n) is 16.3. The number of guanidine groups is 1. The molecular formula is C22H27N3O2S. The number of aliphatic imine (C=N–C) groups is 1. The molecule has 0 radical (unpaired) electrons. The second-order valence-corrected chi connectivity index (χ2v) is 7.53. The first-order chi connectivity index (χ1) is 13.7. The summed E-state index contributed by atoms with van der Waals surface area (Å²) in [5.74, 6) is 0.659. The van der Waals surface area contributed by atoms with Crippen LogP contribution in [0.5, 0.6) is 0 Å². The smallest absolute Gasteiger partial charge is 0.191 e. The minimum absolute atomic E-state index is 0.396. The Labute approximate surface area is 170 Å². The third kappa shape index (κ3) is 5.32. The van der Waals surface area contributed by atoms with Crippen LogP contribution < -0.4 is 10.6 Å². The molecule has 3 N–H and O–H groups in total. The fraction of sp³-hybridized carbons (Fsp3) is 0.318. The molecule has 1 atom stereocenters. The molecular weight excluding hydrogens is 370 g/mol. The van der Waals surface area contributed by atoms with Crippen LogP contribution in [0.3, 0.4) is 0 Å². The summed E-state index contributed by atoms with van der Waals surface area (Å²) in [6.07, 6.45) is -0.582. The number of aliphatic hydroxyl groups is 1. The van der Waals surface area contributed by atoms with Crippen LogP contribution in [-0.2, 0) is 17.9 Å². The number of thiophene rings is 1. The SMILES string of the molecule is CCOCc1ccccc1CNC(=NC)NCC(O)c1cc2ccccc2s1. The molecule has 0 saturated carbocycles. The minimum Gasteiger partial charge on any atom is -0.386 e. The molecule has 0 saturated heterocycles. The molecule has 0 fully saturated rings. The summed E-state index contributed by atoms with van der Waals surface area (Å²) >= 11 is 1.62. The van der Waals surface area contributed by atoms with Crippen molar-refractivity contribution in [3.63, 3.8) is 0 Å². The summed E-state index contributed by atoms with van der Waals surface area (Å²) in [5, 5.41) is 18.2. The predicted molar refractivity (Wildman–Crippen MR) is 117 cm³/mol. The molecule has 0 spiro atoms. The van der Waals surface area contributed by atoms with Gasteiger partial charge in [-0.25, -0.2) is 0 Å². The number of hydrogen-bond donors (Lipinski definition) is 3. The molecule has 0 aliphatic rings. The van der Waals surface area contributed by atoms with E-state index < -0.39 is 6.10 Å². The molecule has 0 bridgehead atoms. The van der Waals surface area contributed by atoms with E-state index in [4.69, 9.17) is 4.74 Å². The highest BCUT2D eigenvalue weighted by Crippen LogP contribution is 2.29. The maximum atomic E-state index is 10.5. The molecule has 3 rings (SSSR count). The lowest BCUT2D eigenvalue weighted by Crippen LogP contribution is -2.39. The molecule has 5 nitrogen and oxygen atoms in total. The molecule has 6 heteroatoms. The van der Waals surface area contributed by atoms with Crippen LogP contribution in [0, 0.1) is 0 Å². The summed E-state index contributed by atoms with van der Waals surface area (Å²) in [6, 6.07) is 18.4. The molecule has 1 unspecified atom stereocenters. The van der Waals surface area contributed by atoms with Gasteiger partial charge in [0.05, 0.1) is 6.61 Å². The first kappa shape index (κ1) is 20.3. The van der Waals surface area contributed by atoms with E-state index in [2.05, 4.69) is 39.9 Å². The van der Waals surface area contributed by atoms with E-state index in [0.29, 0.717) is 32.3 Å². The molecule has 148 valence electrons. The van der Waals surface area contributed by atoms with Crippen LogP contribution in [0.25, 0.3) is 10.1 Å². The van der Waals surface area contributed by atoms with E-state index in [-0.39, 0.29) is 0 Å². The Morgan fingerprint density at radius 3 is 2.61 bits per heavy atom. The van der Waals surface area contributed by atoms with Crippen LogP contribution in [0.4, 0.5) is 0 Å². The summed E-state index contributed by atoms with van der Waals surface area (Å²) < 4.78 is 6.73. The Morgan fingerprint density at radius 2 is 1.86 bits per heavy atom. The van der Waals surface area contributed by atoms with Crippen LogP contribution >= 0.6 is 11.3 Å². The van der Waals surface area contributed by atoms with Crippen molar-refractivity contribution in [2.45, 2.75) is 26.2 Å². The second kappa shape index (κ2) is 10.2. The second-order valence-electron chi connectivity index (χ2n) is 6.41. The number of benzene rings is 2. The normalized spacial score (nSPS) is 12.9. The number of fused-ring (bicyclic) bond motifs is 1. The summed E-state index contributed by atoms with van der Waals surface area (Å²) in [6.45, 7) is 4.33. The minimum atomic E-state index is -0.582. The monoisotopic (exact) mass is 397 g/mol. The Balaban J connectivity index is 1.55. The van der Waals surface area contributed by atoms with Gasteiger partial charge < -0.3 is 20.5 Å². The van der Waals surface area contributed by atoms with Gasteiger partial charge in [-0.2, -0.15) is 0 Å². The Kier molecular flexibility index (Phi) is 7.42. The highest BCUT2D eigenvalue weighted by Gasteiger charge is 2.12. The van der Waals surface area contributed by atoms with Crippen LogP contribution in [-0.4, -0.2) is 31.3 Å². The van der Waals surface area contributed by atoms with Gasteiger partial charge in [0.1, 0.15) is 6.10 Å². The molecule has 28 heavy (non-hydrogen) atoms. The number of nitrogens with one attached hydrogen (secondary N) is 2. The van der Waals surface area contributed by atoms with E-state index in [1.165, 1.54) is 10.3 Å². The largest absolute Gasteiger partial charge is 0.386 e.